The van der Waals surface area contributed by atoms with Crippen LogP contribution < -0.4 is 9.92 Å². The standard InChI is InChI=1S/C33H27F2NO8Si/c1-17-10-18(33(43)36(15-29(38)39)16-30(40)41)4-7-22(17)31-23-8-5-19(37)11-27(23)45(2,3)28-14-20(6-9-24(28)31)44-21-12-25(34)32(42)26(35)13-21/h4-14,42H,15-16H2,1-3H3,(H,38,39)(H,40,41). The second kappa shape index (κ2) is 11.6. The Kier molecular flexibility index (Phi) is 8.02. The highest BCUT2D eigenvalue weighted by molar-refractivity contribution is 6.98. The van der Waals surface area contributed by atoms with E-state index in [1.165, 1.54) is 12.1 Å². The molecule has 1 heterocycles. The van der Waals surface area contributed by atoms with Crippen LogP contribution in [-0.2, 0) is 14.4 Å². The molecule has 0 saturated carbocycles. The fourth-order valence-electron chi connectivity index (χ4n) is 5.68. The van der Waals surface area contributed by atoms with Crippen LogP contribution in [0.1, 0.15) is 27.0 Å². The highest BCUT2D eigenvalue weighted by atomic mass is 28.3. The smallest absolute Gasteiger partial charge is 0.323 e. The summed E-state index contributed by atoms with van der Waals surface area (Å²) in [6.45, 7) is 4.34. The number of hydrogen-bond donors (Lipinski definition) is 3. The van der Waals surface area contributed by atoms with Gasteiger partial charge in [0, 0.05) is 17.7 Å². The maximum Gasteiger partial charge on any atom is 0.323 e. The van der Waals surface area contributed by atoms with Gasteiger partial charge in [-0.25, -0.2) is 8.78 Å². The van der Waals surface area contributed by atoms with Crippen LogP contribution in [0, 0.1) is 18.6 Å². The van der Waals surface area contributed by atoms with Crippen LogP contribution in [0.3, 0.4) is 0 Å². The summed E-state index contributed by atoms with van der Waals surface area (Å²) in [4.78, 5) is 48.9. The lowest BCUT2D eigenvalue weighted by Crippen LogP contribution is -2.49. The number of aromatic hydroxyl groups is 1. The monoisotopic (exact) mass is 631 g/mol. The first-order chi connectivity index (χ1) is 21.2. The number of carboxylic acid groups (broad SMARTS) is 2. The van der Waals surface area contributed by atoms with Gasteiger partial charge < -0.3 is 25.0 Å². The third kappa shape index (κ3) is 5.91. The molecule has 1 amide bonds. The van der Waals surface area contributed by atoms with Crippen molar-refractivity contribution in [2.45, 2.75) is 20.0 Å². The maximum absolute atomic E-state index is 14.0. The number of carboxylic acids is 2. The predicted molar refractivity (Wildman–Crippen MR) is 162 cm³/mol. The zero-order valence-electron chi connectivity index (χ0n) is 24.4. The average Bonchev–Trinajstić information content (AvgIpc) is 2.96. The number of phenols is 1. The Hall–Kier alpha value is -5.36. The first kappa shape index (κ1) is 31.1. The van der Waals surface area contributed by atoms with Gasteiger partial charge in [-0.1, -0.05) is 31.3 Å². The van der Waals surface area contributed by atoms with Crippen LogP contribution in [0.15, 0.2) is 77.5 Å². The lowest BCUT2D eigenvalue weighted by atomic mass is 9.87. The van der Waals surface area contributed by atoms with Crippen molar-refractivity contribution < 1.29 is 48.0 Å². The molecule has 230 valence electrons. The second-order valence-corrected chi connectivity index (χ2v) is 15.6. The number of aryl methyl sites for hydroxylation is 1. The Balaban J connectivity index is 1.62. The van der Waals surface area contributed by atoms with E-state index in [1.807, 2.05) is 6.07 Å². The van der Waals surface area contributed by atoms with E-state index in [2.05, 4.69) is 13.1 Å². The second-order valence-electron chi connectivity index (χ2n) is 11.2. The molecule has 0 unspecified atom stereocenters. The molecule has 0 bridgehead atoms. The molecule has 0 atom stereocenters. The molecule has 0 aromatic heterocycles. The van der Waals surface area contributed by atoms with Gasteiger partial charge in [-0.3, -0.25) is 19.2 Å². The van der Waals surface area contributed by atoms with Crippen molar-refractivity contribution in [2.24, 2.45) is 0 Å². The number of carbonyl (C=O) groups excluding carboxylic acids is 2. The third-order valence-corrected chi connectivity index (χ3v) is 11.3. The number of fused-ring (bicyclic) bond motifs is 2. The summed E-state index contributed by atoms with van der Waals surface area (Å²) in [6.07, 6.45) is 4.84. The van der Waals surface area contributed by atoms with E-state index in [9.17, 15) is 43.3 Å². The number of carbonyl (C=O) groups is 4. The van der Waals surface area contributed by atoms with E-state index in [0.717, 1.165) is 49.7 Å². The van der Waals surface area contributed by atoms with Crippen molar-refractivity contribution in [3.8, 4) is 17.2 Å². The van der Waals surface area contributed by atoms with E-state index in [0.29, 0.717) is 5.56 Å². The number of aliphatic carboxylic acids is 2. The van der Waals surface area contributed by atoms with Crippen molar-refractivity contribution in [3.05, 3.63) is 111 Å². The molecule has 1 aliphatic heterocycles. The molecule has 0 spiro atoms. The first-order valence-corrected chi connectivity index (χ1v) is 16.7. The average molecular weight is 632 g/mol. The molecule has 3 N–H and O–H groups in total. The molecule has 45 heavy (non-hydrogen) atoms. The number of rotatable bonds is 8. The molecule has 0 radical (unpaired) electrons. The number of nitrogens with zero attached hydrogens (tertiary/aromatic N) is 1. The Labute approximate surface area is 257 Å². The SMILES string of the molecule is Cc1cc(C(=O)N(CC(=O)O)CC(=O)O)ccc1C1=C2C=CC(=O)C=C2[Si](C)(C)c2cc(Oc3cc(F)c(O)c(F)c3)ccc21. The highest BCUT2D eigenvalue weighted by Gasteiger charge is 2.40. The quantitative estimate of drug-likeness (QED) is 0.304. The fraction of sp³-hybridized carbons (Fsp3) is 0.152. The van der Waals surface area contributed by atoms with E-state index >= 15 is 0 Å². The van der Waals surface area contributed by atoms with Gasteiger partial charge in [0.05, 0.1) is 0 Å². The van der Waals surface area contributed by atoms with Gasteiger partial charge >= 0.3 is 11.9 Å². The lowest BCUT2D eigenvalue weighted by molar-refractivity contribution is -0.140. The third-order valence-electron chi connectivity index (χ3n) is 7.78. The summed E-state index contributed by atoms with van der Waals surface area (Å²) in [7, 11) is -2.57. The number of amides is 1. The Morgan fingerprint density at radius 3 is 2.09 bits per heavy atom. The van der Waals surface area contributed by atoms with Gasteiger partial charge in [0.1, 0.15) is 32.7 Å². The molecule has 3 aromatic rings. The Morgan fingerprint density at radius 2 is 1.49 bits per heavy atom. The molecular weight excluding hydrogens is 604 g/mol. The minimum absolute atomic E-state index is 0.109. The molecular formula is C33H27F2NO8Si. The number of halogens is 2. The van der Waals surface area contributed by atoms with Crippen LogP contribution in [0.5, 0.6) is 17.2 Å². The minimum Gasteiger partial charge on any atom is -0.503 e. The van der Waals surface area contributed by atoms with Gasteiger partial charge in [0.2, 0.25) is 0 Å². The highest BCUT2D eigenvalue weighted by Crippen LogP contribution is 2.43. The lowest BCUT2D eigenvalue weighted by Gasteiger charge is -2.38. The molecule has 3 aromatic carbocycles. The van der Waals surface area contributed by atoms with Crippen molar-refractivity contribution >= 4 is 42.5 Å². The van der Waals surface area contributed by atoms with E-state index in [-0.39, 0.29) is 22.8 Å². The van der Waals surface area contributed by atoms with Gasteiger partial charge in [0.15, 0.2) is 23.2 Å². The summed E-state index contributed by atoms with van der Waals surface area (Å²) in [6, 6.07) is 11.7. The predicted octanol–water partition coefficient (Wildman–Crippen LogP) is 4.72. The summed E-state index contributed by atoms with van der Waals surface area (Å²) >= 11 is 0. The van der Waals surface area contributed by atoms with Crippen molar-refractivity contribution in [2.75, 3.05) is 13.1 Å². The molecule has 5 rings (SSSR count). The zero-order valence-corrected chi connectivity index (χ0v) is 25.4. The van der Waals surface area contributed by atoms with E-state index in [1.54, 1.807) is 43.3 Å². The number of hydrogen-bond acceptors (Lipinski definition) is 6. The number of ether oxygens (including phenoxy) is 1. The van der Waals surface area contributed by atoms with Crippen LogP contribution in [0.2, 0.25) is 13.1 Å². The van der Waals surface area contributed by atoms with Gasteiger partial charge in [-0.05, 0) is 81.6 Å². The van der Waals surface area contributed by atoms with Gasteiger partial charge in [-0.15, -0.1) is 0 Å². The Morgan fingerprint density at radius 1 is 0.867 bits per heavy atom. The van der Waals surface area contributed by atoms with E-state index in [4.69, 9.17) is 4.74 Å². The number of phenolic OH excluding ortho intramolecular Hbond substituents is 1. The molecule has 0 fully saturated rings. The Bertz CT molecular complexity index is 1870. The molecule has 9 nitrogen and oxygen atoms in total. The summed E-state index contributed by atoms with van der Waals surface area (Å²) < 4.78 is 33.7. The number of benzene rings is 3. The topological polar surface area (TPSA) is 141 Å². The van der Waals surface area contributed by atoms with Crippen LogP contribution >= 0.6 is 0 Å². The van der Waals surface area contributed by atoms with Crippen LogP contribution in [-0.4, -0.2) is 65.0 Å². The molecule has 12 heteroatoms. The van der Waals surface area contributed by atoms with Crippen molar-refractivity contribution in [1.82, 2.24) is 4.90 Å². The minimum atomic E-state index is -2.57. The van der Waals surface area contributed by atoms with Crippen LogP contribution in [0.4, 0.5) is 8.78 Å². The van der Waals surface area contributed by atoms with Gasteiger partial charge in [0.25, 0.3) is 5.91 Å². The summed E-state index contributed by atoms with van der Waals surface area (Å²) in [5, 5.41) is 29.5. The van der Waals surface area contributed by atoms with Crippen molar-refractivity contribution in [1.29, 1.82) is 0 Å². The zero-order chi connectivity index (χ0) is 32.8. The fourth-order valence-corrected chi connectivity index (χ4v) is 8.74. The molecule has 0 saturated heterocycles. The van der Waals surface area contributed by atoms with E-state index < -0.39 is 56.4 Å². The molecule has 2 aliphatic rings. The van der Waals surface area contributed by atoms with Crippen molar-refractivity contribution in [3.63, 3.8) is 0 Å². The first-order valence-electron chi connectivity index (χ1n) is 13.7. The van der Waals surface area contributed by atoms with Gasteiger partial charge in [-0.2, -0.15) is 0 Å². The largest absolute Gasteiger partial charge is 0.503 e. The normalized spacial score (nSPS) is 14.8. The van der Waals surface area contributed by atoms with Crippen LogP contribution in [0.25, 0.3) is 5.57 Å². The summed E-state index contributed by atoms with van der Waals surface area (Å²) in [5.41, 5.74) is 3.89. The summed E-state index contributed by atoms with van der Waals surface area (Å²) in [5.74, 6) is -6.94. The molecule has 1 aliphatic carbocycles. The number of allylic oxidation sites excluding steroid dienone is 5. The maximum atomic E-state index is 14.0. The number of ketones is 1.